The van der Waals surface area contributed by atoms with Gasteiger partial charge in [0, 0.05) is 17.5 Å². The topological polar surface area (TPSA) is 72.5 Å². The van der Waals surface area contributed by atoms with Crippen molar-refractivity contribution in [3.63, 3.8) is 0 Å². The van der Waals surface area contributed by atoms with Gasteiger partial charge in [-0.25, -0.2) is 8.42 Å². The summed E-state index contributed by atoms with van der Waals surface area (Å²) in [6.45, 7) is 0. The minimum atomic E-state index is -3.32. The Morgan fingerprint density at radius 2 is 1.91 bits per heavy atom. The molecule has 0 aliphatic rings. The lowest BCUT2D eigenvalue weighted by Crippen LogP contribution is -2.12. The van der Waals surface area contributed by atoms with Crippen LogP contribution in [0.3, 0.4) is 0 Å². The summed E-state index contributed by atoms with van der Waals surface area (Å²) in [5.74, 6) is 0.282. The lowest BCUT2D eigenvalue weighted by Gasteiger charge is -2.08. The van der Waals surface area contributed by atoms with Gasteiger partial charge in [0.25, 0.3) is 5.91 Å². The number of benzene rings is 2. The van der Waals surface area contributed by atoms with Crippen molar-refractivity contribution in [1.29, 1.82) is 0 Å². The summed E-state index contributed by atoms with van der Waals surface area (Å²) in [6, 6.07) is 11.0. The van der Waals surface area contributed by atoms with E-state index in [2.05, 4.69) is 21.2 Å². The highest BCUT2D eigenvalue weighted by molar-refractivity contribution is 9.10. The lowest BCUT2D eigenvalue weighted by atomic mass is 10.2. The number of hydrogen-bond acceptors (Lipinski definition) is 4. The van der Waals surface area contributed by atoms with Gasteiger partial charge in [0.2, 0.25) is 0 Å². The summed E-state index contributed by atoms with van der Waals surface area (Å²) in [5.41, 5.74) is 0.845. The van der Waals surface area contributed by atoms with Gasteiger partial charge in [-0.1, -0.05) is 6.07 Å². The third kappa shape index (κ3) is 3.86. The summed E-state index contributed by atoms with van der Waals surface area (Å²) < 4.78 is 28.8. The van der Waals surface area contributed by atoms with Crippen molar-refractivity contribution in [2.75, 3.05) is 18.7 Å². The van der Waals surface area contributed by atoms with Crippen LogP contribution in [-0.4, -0.2) is 27.7 Å². The fourth-order valence-corrected chi connectivity index (χ4v) is 3.02. The molecule has 1 amide bonds. The Morgan fingerprint density at radius 3 is 2.50 bits per heavy atom. The summed E-state index contributed by atoms with van der Waals surface area (Å²) in [6.07, 6.45) is 1.12. The Balaban J connectivity index is 2.24. The van der Waals surface area contributed by atoms with Crippen molar-refractivity contribution in [1.82, 2.24) is 0 Å². The number of hydrogen-bond donors (Lipinski definition) is 1. The average Bonchev–Trinajstić information content (AvgIpc) is 2.46. The maximum atomic E-state index is 12.2. The molecule has 5 nitrogen and oxygen atoms in total. The van der Waals surface area contributed by atoms with E-state index in [1.807, 2.05) is 0 Å². The molecule has 22 heavy (non-hydrogen) atoms. The van der Waals surface area contributed by atoms with E-state index >= 15 is 0 Å². The molecule has 0 unspecified atom stereocenters. The molecular weight excluding hydrogens is 370 g/mol. The molecular formula is C15H14BrNO4S. The molecule has 0 aliphatic carbocycles. The van der Waals surface area contributed by atoms with Crippen LogP contribution in [0, 0.1) is 0 Å². The molecule has 2 aromatic rings. The van der Waals surface area contributed by atoms with Crippen molar-refractivity contribution in [2.24, 2.45) is 0 Å². The quantitative estimate of drug-likeness (QED) is 0.879. The average molecular weight is 384 g/mol. The molecule has 0 aliphatic heterocycles. The highest BCUT2D eigenvalue weighted by Gasteiger charge is 2.11. The number of carbonyl (C=O) groups is 1. The Labute approximate surface area is 137 Å². The van der Waals surface area contributed by atoms with E-state index in [1.165, 1.54) is 19.2 Å². The van der Waals surface area contributed by atoms with Crippen molar-refractivity contribution in [2.45, 2.75) is 4.90 Å². The molecule has 2 rings (SSSR count). The Hall–Kier alpha value is -1.86. The van der Waals surface area contributed by atoms with Gasteiger partial charge in [0.05, 0.1) is 16.5 Å². The van der Waals surface area contributed by atoms with Gasteiger partial charge in [-0.15, -0.1) is 0 Å². The van der Waals surface area contributed by atoms with Crippen molar-refractivity contribution >= 4 is 37.4 Å². The van der Waals surface area contributed by atoms with E-state index in [0.29, 0.717) is 21.5 Å². The molecule has 116 valence electrons. The fourth-order valence-electron chi connectivity index (χ4n) is 1.82. The zero-order valence-corrected chi connectivity index (χ0v) is 14.4. The summed E-state index contributed by atoms with van der Waals surface area (Å²) in [7, 11) is -1.78. The van der Waals surface area contributed by atoms with Gasteiger partial charge in [-0.3, -0.25) is 4.79 Å². The third-order valence-corrected chi connectivity index (χ3v) is 4.66. The second kappa shape index (κ2) is 6.50. The lowest BCUT2D eigenvalue weighted by molar-refractivity contribution is 0.102. The highest BCUT2D eigenvalue weighted by Crippen LogP contribution is 2.26. The van der Waals surface area contributed by atoms with Crippen LogP contribution >= 0.6 is 15.9 Å². The minimum Gasteiger partial charge on any atom is -0.496 e. The van der Waals surface area contributed by atoms with Crippen LogP contribution < -0.4 is 10.1 Å². The molecule has 0 radical (unpaired) electrons. The maximum absolute atomic E-state index is 12.2. The van der Waals surface area contributed by atoms with Gasteiger partial charge in [0.1, 0.15) is 5.75 Å². The number of halogens is 1. The SMILES string of the molecule is COc1ccc(C(=O)Nc2cccc(S(C)(=O)=O)c2)cc1Br. The first kappa shape index (κ1) is 16.5. The van der Waals surface area contributed by atoms with Crippen molar-refractivity contribution in [3.05, 3.63) is 52.5 Å². The Kier molecular flexibility index (Phi) is 4.87. The minimum absolute atomic E-state index is 0.154. The number of ether oxygens (including phenoxy) is 1. The van der Waals surface area contributed by atoms with Gasteiger partial charge >= 0.3 is 0 Å². The predicted octanol–water partition coefficient (Wildman–Crippen LogP) is 3.11. The second-order valence-electron chi connectivity index (χ2n) is 4.60. The molecule has 7 heteroatoms. The zero-order valence-electron chi connectivity index (χ0n) is 12.0. The normalized spacial score (nSPS) is 11.0. The first-order valence-electron chi connectivity index (χ1n) is 6.26. The van der Waals surface area contributed by atoms with Crippen molar-refractivity contribution < 1.29 is 17.9 Å². The first-order valence-corrected chi connectivity index (χ1v) is 8.94. The summed E-state index contributed by atoms with van der Waals surface area (Å²) in [4.78, 5) is 12.4. The monoisotopic (exact) mass is 383 g/mol. The largest absolute Gasteiger partial charge is 0.496 e. The molecule has 0 aromatic heterocycles. The first-order chi connectivity index (χ1) is 10.3. The van der Waals surface area contributed by atoms with Crippen LogP contribution in [0.25, 0.3) is 0 Å². The van der Waals surface area contributed by atoms with Crippen LogP contribution in [-0.2, 0) is 9.84 Å². The number of amides is 1. The van der Waals surface area contributed by atoms with E-state index in [1.54, 1.807) is 30.3 Å². The van der Waals surface area contributed by atoms with Crippen LogP contribution in [0.1, 0.15) is 10.4 Å². The molecule has 0 fully saturated rings. The number of rotatable bonds is 4. The molecule has 0 heterocycles. The Morgan fingerprint density at radius 1 is 1.18 bits per heavy atom. The molecule has 0 saturated heterocycles. The summed E-state index contributed by atoms with van der Waals surface area (Å²) >= 11 is 3.31. The molecule has 0 saturated carbocycles. The molecule has 0 spiro atoms. The second-order valence-corrected chi connectivity index (χ2v) is 7.47. The van der Waals surface area contributed by atoms with Gasteiger partial charge in [0.15, 0.2) is 9.84 Å². The fraction of sp³-hybridized carbons (Fsp3) is 0.133. The number of nitrogens with one attached hydrogen (secondary N) is 1. The number of anilines is 1. The van der Waals surface area contributed by atoms with E-state index in [4.69, 9.17) is 4.74 Å². The molecule has 2 aromatic carbocycles. The van der Waals surface area contributed by atoms with Gasteiger partial charge < -0.3 is 10.1 Å². The summed E-state index contributed by atoms with van der Waals surface area (Å²) in [5, 5.41) is 2.67. The van der Waals surface area contributed by atoms with Crippen LogP contribution in [0.15, 0.2) is 51.8 Å². The zero-order chi connectivity index (χ0) is 16.3. The number of sulfone groups is 1. The van der Waals surface area contributed by atoms with E-state index in [0.717, 1.165) is 6.26 Å². The highest BCUT2D eigenvalue weighted by atomic mass is 79.9. The van der Waals surface area contributed by atoms with Crippen LogP contribution in [0.4, 0.5) is 5.69 Å². The van der Waals surface area contributed by atoms with Crippen LogP contribution in [0.2, 0.25) is 0 Å². The standard InChI is InChI=1S/C15H14BrNO4S/c1-21-14-7-6-10(8-13(14)16)15(18)17-11-4-3-5-12(9-11)22(2,19)20/h3-9H,1-2H3,(H,17,18). The van der Waals surface area contributed by atoms with E-state index in [-0.39, 0.29) is 10.8 Å². The molecule has 0 atom stereocenters. The van der Waals surface area contributed by atoms with Gasteiger partial charge in [-0.2, -0.15) is 0 Å². The van der Waals surface area contributed by atoms with Gasteiger partial charge in [-0.05, 0) is 52.3 Å². The number of carbonyl (C=O) groups excluding carboxylic acids is 1. The smallest absolute Gasteiger partial charge is 0.255 e. The predicted molar refractivity (Wildman–Crippen MR) is 88.2 cm³/mol. The number of methoxy groups -OCH3 is 1. The third-order valence-electron chi connectivity index (χ3n) is 2.93. The van der Waals surface area contributed by atoms with Crippen LogP contribution in [0.5, 0.6) is 5.75 Å². The molecule has 0 bridgehead atoms. The van der Waals surface area contributed by atoms with E-state index in [9.17, 15) is 13.2 Å². The Bertz CT molecular complexity index is 818. The maximum Gasteiger partial charge on any atom is 0.255 e. The van der Waals surface area contributed by atoms with E-state index < -0.39 is 9.84 Å². The molecule has 1 N–H and O–H groups in total. The van der Waals surface area contributed by atoms with Crippen molar-refractivity contribution in [3.8, 4) is 5.75 Å².